The summed E-state index contributed by atoms with van der Waals surface area (Å²) in [4.78, 5) is 21.9. The lowest BCUT2D eigenvalue weighted by molar-refractivity contribution is -0.145. The molecule has 0 rings (SSSR count). The summed E-state index contributed by atoms with van der Waals surface area (Å²) in [7, 11) is 0. The molecule has 0 amide bonds. The van der Waals surface area contributed by atoms with E-state index in [-0.39, 0.29) is 30.8 Å². The monoisotopic (exact) mass is 236 g/mol. The molecule has 5 heteroatoms. The molecule has 0 bridgehead atoms. The summed E-state index contributed by atoms with van der Waals surface area (Å²) in [5, 5.41) is 0. The van der Waals surface area contributed by atoms with Crippen molar-refractivity contribution in [1.82, 2.24) is 0 Å². The molecule has 0 aliphatic heterocycles. The first kappa shape index (κ1) is 14.2. The first-order chi connectivity index (χ1) is 7.06. The van der Waals surface area contributed by atoms with E-state index in [1.165, 1.54) is 0 Å². The minimum atomic E-state index is -0.387. The molecule has 88 valence electrons. The average molecular weight is 237 g/mol. The number of carbonyl (C=O) groups excluding carboxylic acids is 2. The summed E-state index contributed by atoms with van der Waals surface area (Å²) < 4.78 is 9.42. The molecule has 0 fully saturated rings. The van der Waals surface area contributed by atoms with Gasteiger partial charge in [0.1, 0.15) is 0 Å². The lowest BCUT2D eigenvalue weighted by Gasteiger charge is -2.06. The van der Waals surface area contributed by atoms with E-state index >= 15 is 0 Å². The second-order valence-corrected chi connectivity index (χ2v) is 3.77. The van der Waals surface area contributed by atoms with E-state index in [0.717, 1.165) is 0 Å². The Balaban J connectivity index is 3.42. The number of hydrogen-bond acceptors (Lipinski definition) is 4. The predicted octanol–water partition coefficient (Wildman–Crippen LogP) is 2.10. The Kier molecular flexibility index (Phi) is 8.09. The average Bonchev–Trinajstić information content (AvgIpc) is 2.15. The van der Waals surface area contributed by atoms with Crippen molar-refractivity contribution in [3.63, 3.8) is 0 Å². The van der Waals surface area contributed by atoms with Crippen LogP contribution in [0.4, 0.5) is 0 Å². The molecule has 0 atom stereocenters. The van der Waals surface area contributed by atoms with Gasteiger partial charge in [0.15, 0.2) is 6.07 Å². The third kappa shape index (κ3) is 9.53. The molecule has 0 spiro atoms. The van der Waals surface area contributed by atoms with Crippen LogP contribution in [0.1, 0.15) is 33.1 Å². The topological polar surface area (TPSA) is 52.6 Å². The SMILES string of the molecule is CC(C)COC(=O)CCCC(=O)OCCl. The van der Waals surface area contributed by atoms with Crippen molar-refractivity contribution in [3.8, 4) is 0 Å². The lowest BCUT2D eigenvalue weighted by Crippen LogP contribution is -2.10. The van der Waals surface area contributed by atoms with Gasteiger partial charge in [-0.05, 0) is 12.3 Å². The highest BCUT2D eigenvalue weighted by Crippen LogP contribution is 2.02. The van der Waals surface area contributed by atoms with Gasteiger partial charge in [-0.15, -0.1) is 0 Å². The maximum Gasteiger partial charge on any atom is 0.306 e. The molecule has 0 saturated heterocycles. The number of ether oxygens (including phenoxy) is 2. The molecule has 4 nitrogen and oxygen atoms in total. The fourth-order valence-corrected chi connectivity index (χ4v) is 0.964. The second-order valence-electron chi connectivity index (χ2n) is 3.56. The van der Waals surface area contributed by atoms with Gasteiger partial charge in [0.25, 0.3) is 0 Å². The minimum absolute atomic E-state index is 0.142. The summed E-state index contributed by atoms with van der Waals surface area (Å²) in [5.41, 5.74) is 0. The van der Waals surface area contributed by atoms with Crippen LogP contribution < -0.4 is 0 Å². The number of hydrogen-bond donors (Lipinski definition) is 0. The molecule has 15 heavy (non-hydrogen) atoms. The Morgan fingerprint density at radius 1 is 1.13 bits per heavy atom. The van der Waals surface area contributed by atoms with Crippen LogP contribution in [-0.4, -0.2) is 24.6 Å². The molecule has 0 heterocycles. The van der Waals surface area contributed by atoms with Crippen LogP contribution in [0.3, 0.4) is 0 Å². The van der Waals surface area contributed by atoms with Crippen LogP contribution >= 0.6 is 11.6 Å². The van der Waals surface area contributed by atoms with Gasteiger partial charge in [0.05, 0.1) is 6.61 Å². The zero-order chi connectivity index (χ0) is 11.7. The van der Waals surface area contributed by atoms with Crippen molar-refractivity contribution in [2.45, 2.75) is 33.1 Å². The van der Waals surface area contributed by atoms with Crippen LogP contribution in [-0.2, 0) is 19.1 Å². The van der Waals surface area contributed by atoms with E-state index in [9.17, 15) is 9.59 Å². The Bertz CT molecular complexity index is 204. The largest absolute Gasteiger partial charge is 0.465 e. The smallest absolute Gasteiger partial charge is 0.306 e. The van der Waals surface area contributed by atoms with Crippen molar-refractivity contribution in [1.29, 1.82) is 0 Å². The highest BCUT2D eigenvalue weighted by molar-refractivity contribution is 6.17. The van der Waals surface area contributed by atoms with E-state index in [0.29, 0.717) is 18.9 Å². The van der Waals surface area contributed by atoms with Crippen LogP contribution in [0.2, 0.25) is 0 Å². The van der Waals surface area contributed by atoms with Gasteiger partial charge in [0.2, 0.25) is 0 Å². The number of esters is 2. The summed E-state index contributed by atoms with van der Waals surface area (Å²) in [6, 6.07) is -0.142. The number of halogens is 1. The second kappa shape index (κ2) is 8.53. The van der Waals surface area contributed by atoms with Gasteiger partial charge in [-0.3, -0.25) is 9.59 Å². The van der Waals surface area contributed by atoms with E-state index < -0.39 is 0 Å². The number of rotatable bonds is 7. The van der Waals surface area contributed by atoms with Crippen LogP contribution in [0.5, 0.6) is 0 Å². The molecule has 0 N–H and O–H groups in total. The molecule has 0 aromatic rings. The molecule has 0 saturated carbocycles. The van der Waals surface area contributed by atoms with E-state index in [1.807, 2.05) is 13.8 Å². The standard InChI is InChI=1S/C10H17ClO4/c1-8(2)6-14-9(12)4-3-5-10(13)15-7-11/h8H,3-7H2,1-2H3. The molecule has 0 aromatic carbocycles. The quantitative estimate of drug-likeness (QED) is 0.502. The summed E-state index contributed by atoms with van der Waals surface area (Å²) >= 11 is 5.19. The fourth-order valence-electron chi connectivity index (χ4n) is 0.842. The third-order valence-corrected chi connectivity index (χ3v) is 1.66. The zero-order valence-corrected chi connectivity index (χ0v) is 9.88. The fraction of sp³-hybridized carbons (Fsp3) is 0.800. The maximum absolute atomic E-state index is 11.1. The highest BCUT2D eigenvalue weighted by Gasteiger charge is 2.07. The van der Waals surface area contributed by atoms with Gasteiger partial charge >= 0.3 is 11.9 Å². The van der Waals surface area contributed by atoms with Crippen molar-refractivity contribution in [2.75, 3.05) is 12.7 Å². The summed E-state index contributed by atoms with van der Waals surface area (Å²) in [5.74, 6) is -0.334. The van der Waals surface area contributed by atoms with Crippen molar-refractivity contribution in [3.05, 3.63) is 0 Å². The van der Waals surface area contributed by atoms with Crippen molar-refractivity contribution in [2.24, 2.45) is 5.92 Å². The summed E-state index contributed by atoms with van der Waals surface area (Å²) in [6.07, 6.45) is 0.875. The molecule has 0 aliphatic carbocycles. The molecule has 0 aromatic heterocycles. The van der Waals surface area contributed by atoms with E-state index in [4.69, 9.17) is 16.3 Å². The summed E-state index contributed by atoms with van der Waals surface area (Å²) in [6.45, 7) is 4.35. The van der Waals surface area contributed by atoms with Crippen LogP contribution in [0.15, 0.2) is 0 Å². The highest BCUT2D eigenvalue weighted by atomic mass is 35.5. The number of alkyl halides is 1. The first-order valence-corrected chi connectivity index (χ1v) is 5.47. The van der Waals surface area contributed by atoms with Crippen LogP contribution in [0.25, 0.3) is 0 Å². The van der Waals surface area contributed by atoms with Gasteiger partial charge in [-0.1, -0.05) is 25.4 Å². The van der Waals surface area contributed by atoms with E-state index in [2.05, 4.69) is 4.74 Å². The Hall–Kier alpha value is -0.770. The van der Waals surface area contributed by atoms with Gasteiger partial charge in [-0.2, -0.15) is 0 Å². The Morgan fingerprint density at radius 3 is 2.13 bits per heavy atom. The first-order valence-electron chi connectivity index (χ1n) is 4.93. The third-order valence-electron chi connectivity index (χ3n) is 1.55. The van der Waals surface area contributed by atoms with Crippen molar-refractivity contribution < 1.29 is 19.1 Å². The normalized spacial score (nSPS) is 10.1. The zero-order valence-electron chi connectivity index (χ0n) is 9.12. The predicted molar refractivity (Wildman–Crippen MR) is 56.5 cm³/mol. The molecule has 0 radical (unpaired) electrons. The molecular formula is C10H17ClO4. The molecular weight excluding hydrogens is 220 g/mol. The Labute approximate surface area is 94.9 Å². The van der Waals surface area contributed by atoms with Gasteiger partial charge in [0, 0.05) is 12.8 Å². The maximum atomic E-state index is 11.1. The molecule has 0 aliphatic rings. The van der Waals surface area contributed by atoms with Gasteiger partial charge in [-0.25, -0.2) is 0 Å². The lowest BCUT2D eigenvalue weighted by atomic mass is 10.2. The van der Waals surface area contributed by atoms with Crippen LogP contribution in [0, 0.1) is 5.92 Å². The minimum Gasteiger partial charge on any atom is -0.465 e. The molecule has 0 unspecified atom stereocenters. The van der Waals surface area contributed by atoms with E-state index in [1.54, 1.807) is 0 Å². The Morgan fingerprint density at radius 2 is 1.67 bits per heavy atom. The van der Waals surface area contributed by atoms with Crippen molar-refractivity contribution >= 4 is 23.5 Å². The number of carbonyl (C=O) groups is 2. The van der Waals surface area contributed by atoms with Gasteiger partial charge < -0.3 is 9.47 Å².